The zero-order valence-electron chi connectivity index (χ0n) is 20.6. The van der Waals surface area contributed by atoms with E-state index in [9.17, 15) is 19.1 Å². The van der Waals surface area contributed by atoms with E-state index >= 15 is 0 Å². The lowest BCUT2D eigenvalue weighted by Crippen LogP contribution is -2.31. The van der Waals surface area contributed by atoms with Gasteiger partial charge in [0.15, 0.2) is 0 Å². The summed E-state index contributed by atoms with van der Waals surface area (Å²) in [6.45, 7) is 7.27. The Morgan fingerprint density at radius 2 is 1.69 bits per heavy atom. The Balaban J connectivity index is 1.90. The van der Waals surface area contributed by atoms with E-state index in [1.807, 2.05) is 13.8 Å². The molecule has 7 heteroatoms. The number of aliphatic hydroxyl groups excluding tert-OH is 1. The molecule has 1 aliphatic rings. The number of ketones is 1. The van der Waals surface area contributed by atoms with E-state index < -0.39 is 23.5 Å². The first-order valence-corrected chi connectivity index (χ1v) is 12.2. The van der Waals surface area contributed by atoms with Crippen LogP contribution in [0.25, 0.3) is 5.76 Å². The summed E-state index contributed by atoms with van der Waals surface area (Å²) < 4.78 is 24.9. The van der Waals surface area contributed by atoms with Crippen LogP contribution < -0.4 is 4.74 Å². The van der Waals surface area contributed by atoms with Crippen molar-refractivity contribution in [2.45, 2.75) is 58.6 Å². The summed E-state index contributed by atoms with van der Waals surface area (Å²) in [5.74, 6) is -1.48. The lowest BCUT2D eigenvalue weighted by atomic mass is 9.95. The first kappa shape index (κ1) is 26.4. The number of carbonyl (C=O) groups excluding carboxylic acids is 2. The molecule has 1 saturated heterocycles. The summed E-state index contributed by atoms with van der Waals surface area (Å²) in [5, 5.41) is 11.1. The number of hydrogen-bond acceptors (Lipinski definition) is 5. The fourth-order valence-corrected chi connectivity index (χ4v) is 4.06. The number of rotatable bonds is 12. The summed E-state index contributed by atoms with van der Waals surface area (Å²) >= 11 is 0. The van der Waals surface area contributed by atoms with Gasteiger partial charge in [0.05, 0.1) is 24.3 Å². The minimum atomic E-state index is -0.820. The van der Waals surface area contributed by atoms with Gasteiger partial charge < -0.3 is 19.5 Å². The molecule has 1 amide bonds. The number of hydrogen-bond donors (Lipinski definition) is 1. The molecule has 1 aliphatic heterocycles. The highest BCUT2D eigenvalue weighted by Gasteiger charge is 2.45. The van der Waals surface area contributed by atoms with Crippen LogP contribution in [0.1, 0.15) is 63.6 Å². The van der Waals surface area contributed by atoms with Gasteiger partial charge in [-0.15, -0.1) is 0 Å². The molecular formula is C28H34FNO5. The molecule has 0 aromatic heterocycles. The van der Waals surface area contributed by atoms with Crippen LogP contribution in [-0.2, 0) is 14.3 Å². The number of halogens is 1. The second-order valence-corrected chi connectivity index (χ2v) is 8.90. The van der Waals surface area contributed by atoms with Crippen molar-refractivity contribution in [3.63, 3.8) is 0 Å². The zero-order valence-corrected chi connectivity index (χ0v) is 20.6. The molecule has 1 atom stereocenters. The van der Waals surface area contributed by atoms with E-state index in [1.54, 1.807) is 24.3 Å². The highest BCUT2D eigenvalue weighted by Crippen LogP contribution is 2.39. The van der Waals surface area contributed by atoms with Crippen LogP contribution in [0.2, 0.25) is 0 Å². The molecule has 2 aromatic carbocycles. The lowest BCUT2D eigenvalue weighted by molar-refractivity contribution is -0.140. The number of nitrogens with zero attached hydrogens (tertiary/aromatic N) is 1. The van der Waals surface area contributed by atoms with E-state index in [0.29, 0.717) is 36.5 Å². The smallest absolute Gasteiger partial charge is 0.295 e. The fraction of sp³-hybridized carbons (Fsp3) is 0.429. The third kappa shape index (κ3) is 6.69. The molecule has 0 radical (unpaired) electrons. The maximum absolute atomic E-state index is 13.6. The van der Waals surface area contributed by atoms with Gasteiger partial charge in [-0.2, -0.15) is 0 Å². The van der Waals surface area contributed by atoms with Gasteiger partial charge in [-0.1, -0.05) is 31.9 Å². The third-order valence-corrected chi connectivity index (χ3v) is 5.86. The Morgan fingerprint density at radius 1 is 1.00 bits per heavy atom. The Morgan fingerprint density at radius 3 is 2.31 bits per heavy atom. The minimum Gasteiger partial charge on any atom is -0.507 e. The van der Waals surface area contributed by atoms with Crippen molar-refractivity contribution in [3.8, 4) is 5.75 Å². The average molecular weight is 484 g/mol. The maximum Gasteiger partial charge on any atom is 0.295 e. The molecule has 2 aromatic rings. The summed E-state index contributed by atoms with van der Waals surface area (Å²) in [4.78, 5) is 27.4. The largest absolute Gasteiger partial charge is 0.507 e. The summed E-state index contributed by atoms with van der Waals surface area (Å²) in [6.07, 6.45) is 3.73. The first-order chi connectivity index (χ1) is 16.8. The Labute approximate surface area is 206 Å². The molecule has 1 fully saturated rings. The second kappa shape index (κ2) is 12.5. The average Bonchev–Trinajstić information content (AvgIpc) is 3.10. The molecule has 1 unspecified atom stereocenters. The van der Waals surface area contributed by atoms with Crippen molar-refractivity contribution in [1.82, 2.24) is 4.90 Å². The van der Waals surface area contributed by atoms with E-state index in [2.05, 4.69) is 6.92 Å². The summed E-state index contributed by atoms with van der Waals surface area (Å²) in [7, 11) is 0. The molecule has 0 bridgehead atoms. The Kier molecular flexibility index (Phi) is 9.43. The predicted molar refractivity (Wildman–Crippen MR) is 133 cm³/mol. The molecule has 35 heavy (non-hydrogen) atoms. The van der Waals surface area contributed by atoms with E-state index in [0.717, 1.165) is 19.3 Å². The molecular weight excluding hydrogens is 449 g/mol. The van der Waals surface area contributed by atoms with Crippen LogP contribution >= 0.6 is 0 Å². The van der Waals surface area contributed by atoms with Crippen LogP contribution in [0.15, 0.2) is 54.1 Å². The van der Waals surface area contributed by atoms with Crippen molar-refractivity contribution in [1.29, 1.82) is 0 Å². The first-order valence-electron chi connectivity index (χ1n) is 12.2. The molecule has 0 saturated carbocycles. The highest BCUT2D eigenvalue weighted by molar-refractivity contribution is 6.46. The molecule has 0 spiro atoms. The fourth-order valence-electron chi connectivity index (χ4n) is 4.06. The van der Waals surface area contributed by atoms with Gasteiger partial charge in [-0.05, 0) is 68.7 Å². The maximum atomic E-state index is 13.6. The van der Waals surface area contributed by atoms with Gasteiger partial charge in [-0.25, -0.2) is 4.39 Å². The molecule has 3 rings (SSSR count). The third-order valence-electron chi connectivity index (χ3n) is 5.86. The second-order valence-electron chi connectivity index (χ2n) is 8.90. The predicted octanol–water partition coefficient (Wildman–Crippen LogP) is 5.63. The summed E-state index contributed by atoms with van der Waals surface area (Å²) in [5.41, 5.74) is 0.940. The number of unbranched alkanes of at least 4 members (excludes halogenated alkanes) is 2. The zero-order chi connectivity index (χ0) is 25.4. The number of aliphatic hydroxyl groups is 1. The van der Waals surface area contributed by atoms with Crippen molar-refractivity contribution in [2.75, 3.05) is 19.8 Å². The van der Waals surface area contributed by atoms with Gasteiger partial charge in [0.25, 0.3) is 11.7 Å². The van der Waals surface area contributed by atoms with Gasteiger partial charge in [0, 0.05) is 18.7 Å². The van der Waals surface area contributed by atoms with E-state index in [1.165, 1.54) is 29.2 Å². The SMILES string of the molecule is CCCCCOc1ccc(/C(O)=C2/C(=O)C(=O)N(CCCOC(C)C)C2c2ccc(F)cc2)cc1. The van der Waals surface area contributed by atoms with Crippen LogP contribution in [0, 0.1) is 5.82 Å². The highest BCUT2D eigenvalue weighted by atomic mass is 19.1. The van der Waals surface area contributed by atoms with Crippen molar-refractivity contribution >= 4 is 17.4 Å². The number of benzene rings is 2. The van der Waals surface area contributed by atoms with Gasteiger partial charge in [-0.3, -0.25) is 9.59 Å². The molecule has 6 nitrogen and oxygen atoms in total. The van der Waals surface area contributed by atoms with Crippen molar-refractivity contribution in [3.05, 3.63) is 71.0 Å². The van der Waals surface area contributed by atoms with Crippen molar-refractivity contribution in [2.24, 2.45) is 0 Å². The lowest BCUT2D eigenvalue weighted by Gasteiger charge is -2.25. The standard InChI is InChI=1S/C28H34FNO5/c1-4-5-6-17-35-23-14-10-21(11-15-23)26(31)24-25(20-8-12-22(29)13-9-20)30(28(33)27(24)32)16-7-18-34-19(2)3/h8-15,19,25,31H,4-7,16-18H2,1-3H3/b26-24-. The van der Waals surface area contributed by atoms with E-state index in [-0.39, 0.29) is 24.0 Å². The van der Waals surface area contributed by atoms with Crippen molar-refractivity contribution < 1.29 is 28.6 Å². The minimum absolute atomic E-state index is 0.0111. The molecule has 1 heterocycles. The van der Waals surface area contributed by atoms with Gasteiger partial charge >= 0.3 is 0 Å². The van der Waals surface area contributed by atoms with Gasteiger partial charge in [0.2, 0.25) is 0 Å². The van der Waals surface area contributed by atoms with E-state index in [4.69, 9.17) is 9.47 Å². The topological polar surface area (TPSA) is 76.1 Å². The van der Waals surface area contributed by atoms with Crippen LogP contribution in [-0.4, -0.2) is 47.6 Å². The normalized spacial score (nSPS) is 17.4. The molecule has 188 valence electrons. The number of amides is 1. The number of ether oxygens (including phenoxy) is 2. The quantitative estimate of drug-likeness (QED) is 0.183. The van der Waals surface area contributed by atoms with Crippen LogP contribution in [0.5, 0.6) is 5.75 Å². The Bertz CT molecular complexity index is 1030. The van der Waals surface area contributed by atoms with Gasteiger partial charge in [0.1, 0.15) is 17.3 Å². The van der Waals surface area contributed by atoms with Crippen LogP contribution in [0.3, 0.4) is 0 Å². The summed E-state index contributed by atoms with van der Waals surface area (Å²) in [6, 6.07) is 11.6. The monoisotopic (exact) mass is 483 g/mol. The molecule has 0 aliphatic carbocycles. The van der Waals surface area contributed by atoms with Crippen LogP contribution in [0.4, 0.5) is 4.39 Å². The molecule has 1 N–H and O–H groups in total. The number of Topliss-reactive ketones (excluding diaryl/α,β-unsaturated/α-hetero) is 1. The number of carbonyl (C=O) groups is 2. The number of likely N-dealkylation sites (tertiary alicyclic amines) is 1. The Hall–Kier alpha value is -3.19.